The Morgan fingerprint density at radius 1 is 0.442 bits per heavy atom. The third-order valence-electron chi connectivity index (χ3n) is 9.21. The van der Waals surface area contributed by atoms with Gasteiger partial charge in [0.05, 0.1) is 0 Å². The first-order valence-corrected chi connectivity index (χ1v) is 17.4. The number of hydrogen-bond acceptors (Lipinski definition) is 2. The molecule has 0 radical (unpaired) electrons. The van der Waals surface area contributed by atoms with Crippen LogP contribution in [0.2, 0.25) is 10.0 Å². The van der Waals surface area contributed by atoms with Gasteiger partial charge in [-0.05, 0) is 82.6 Å². The predicted molar refractivity (Wildman–Crippen MR) is 215 cm³/mol. The van der Waals surface area contributed by atoms with E-state index in [1.807, 2.05) is 182 Å². The number of carboxylic acids is 2. The zero-order chi connectivity index (χ0) is 37.1. The van der Waals surface area contributed by atoms with Gasteiger partial charge >= 0.3 is 11.9 Å². The molecular formula is C46H38Cl2O4. The van der Waals surface area contributed by atoms with Gasteiger partial charge in [0.15, 0.2) is 0 Å². The molecule has 0 heterocycles. The van der Waals surface area contributed by atoms with Crippen LogP contribution in [0.5, 0.6) is 0 Å². The number of rotatable bonds is 10. The van der Waals surface area contributed by atoms with Gasteiger partial charge in [0.2, 0.25) is 0 Å². The summed E-state index contributed by atoms with van der Waals surface area (Å²) in [5, 5.41) is 21.5. The highest BCUT2D eigenvalue weighted by molar-refractivity contribution is 6.30. The molecule has 0 unspecified atom stereocenters. The summed E-state index contributed by atoms with van der Waals surface area (Å²) in [6.45, 7) is 3.50. The van der Waals surface area contributed by atoms with Gasteiger partial charge < -0.3 is 10.2 Å². The number of benzene rings is 6. The van der Waals surface area contributed by atoms with Crippen LogP contribution in [0.1, 0.15) is 58.4 Å². The fourth-order valence-electron chi connectivity index (χ4n) is 6.05. The van der Waals surface area contributed by atoms with Crippen LogP contribution in [0.25, 0.3) is 24.3 Å². The molecule has 0 aliphatic rings. The van der Waals surface area contributed by atoms with Crippen LogP contribution in [0.4, 0.5) is 0 Å². The highest BCUT2D eigenvalue weighted by Gasteiger charge is 2.39. The molecule has 0 bridgehead atoms. The third kappa shape index (κ3) is 8.60. The molecule has 0 saturated carbocycles. The van der Waals surface area contributed by atoms with E-state index in [0.29, 0.717) is 10.0 Å². The Kier molecular flexibility index (Phi) is 12.3. The van der Waals surface area contributed by atoms with E-state index in [2.05, 4.69) is 0 Å². The maximum absolute atomic E-state index is 12.2. The average molecular weight is 726 g/mol. The first kappa shape index (κ1) is 37.6. The Balaban J connectivity index is 0.000000201. The quantitative estimate of drug-likeness (QED) is 0.138. The van der Waals surface area contributed by atoms with Crippen LogP contribution in [-0.2, 0) is 20.4 Å². The fourth-order valence-corrected chi connectivity index (χ4v) is 6.30. The van der Waals surface area contributed by atoms with Gasteiger partial charge in [0.1, 0.15) is 10.8 Å². The Hall–Kier alpha value is -5.68. The van der Waals surface area contributed by atoms with E-state index in [-0.39, 0.29) is 0 Å². The van der Waals surface area contributed by atoms with Gasteiger partial charge in [0.25, 0.3) is 0 Å². The molecule has 6 heteroatoms. The average Bonchev–Trinajstić information content (AvgIpc) is 3.18. The lowest BCUT2D eigenvalue weighted by Crippen LogP contribution is -2.34. The molecule has 260 valence electrons. The lowest BCUT2D eigenvalue weighted by Gasteiger charge is -2.27. The highest BCUT2D eigenvalue weighted by Crippen LogP contribution is 2.36. The zero-order valence-electron chi connectivity index (χ0n) is 28.8. The molecule has 0 aliphatic heterocycles. The van der Waals surface area contributed by atoms with Gasteiger partial charge in [0, 0.05) is 10.0 Å². The summed E-state index contributed by atoms with van der Waals surface area (Å²) in [7, 11) is 0. The van der Waals surface area contributed by atoms with Crippen molar-refractivity contribution in [3.05, 3.63) is 212 Å². The van der Waals surface area contributed by atoms with E-state index in [1.165, 1.54) is 0 Å². The van der Waals surface area contributed by atoms with Crippen molar-refractivity contribution in [2.45, 2.75) is 24.7 Å². The van der Waals surface area contributed by atoms with Crippen LogP contribution in [0.15, 0.2) is 158 Å². The Morgan fingerprint density at radius 3 is 1.08 bits per heavy atom. The molecule has 6 rings (SSSR count). The summed E-state index contributed by atoms with van der Waals surface area (Å²) in [5.41, 5.74) is 4.48. The monoisotopic (exact) mass is 724 g/mol. The topological polar surface area (TPSA) is 74.6 Å². The van der Waals surface area contributed by atoms with Crippen molar-refractivity contribution in [2.75, 3.05) is 0 Å². The molecule has 6 aromatic rings. The van der Waals surface area contributed by atoms with Crippen molar-refractivity contribution in [1.29, 1.82) is 0 Å². The smallest absolute Gasteiger partial charge is 0.318 e. The van der Waals surface area contributed by atoms with E-state index < -0.39 is 22.8 Å². The Bertz CT molecular complexity index is 2020. The first-order valence-electron chi connectivity index (χ1n) is 16.7. The fraction of sp³-hybridized carbons (Fsp3) is 0.0870. The van der Waals surface area contributed by atoms with Crippen molar-refractivity contribution < 1.29 is 19.8 Å². The molecular weight excluding hydrogens is 687 g/mol. The molecule has 2 N–H and O–H groups in total. The minimum Gasteiger partial charge on any atom is -0.480 e. The van der Waals surface area contributed by atoms with Crippen LogP contribution >= 0.6 is 23.2 Å². The maximum Gasteiger partial charge on any atom is 0.318 e. The van der Waals surface area contributed by atoms with Crippen molar-refractivity contribution in [1.82, 2.24) is 0 Å². The van der Waals surface area contributed by atoms with Gasteiger partial charge in [-0.25, -0.2) is 0 Å². The number of aliphatic carboxylic acids is 2. The van der Waals surface area contributed by atoms with E-state index in [1.54, 1.807) is 13.8 Å². The van der Waals surface area contributed by atoms with Crippen LogP contribution in [-0.4, -0.2) is 22.2 Å². The van der Waals surface area contributed by atoms with Gasteiger partial charge in [-0.2, -0.15) is 0 Å². The Labute approximate surface area is 315 Å². The van der Waals surface area contributed by atoms with Crippen molar-refractivity contribution in [3.8, 4) is 0 Å². The normalized spacial score (nSPS) is 13.5. The van der Waals surface area contributed by atoms with Crippen LogP contribution in [0.3, 0.4) is 0 Å². The van der Waals surface area contributed by atoms with Crippen molar-refractivity contribution in [3.63, 3.8) is 0 Å². The molecule has 0 saturated heterocycles. The molecule has 2 atom stereocenters. The SMILES string of the molecule is C[C@@](C(=O)O)(c1ccccc1)c1ccccc1/C=C/c1ccc(Cl)cc1.C[C@@](C(=O)O)(c1ccccc1)c1ccccc1/C=C/c1ccc(Cl)cc1. The highest BCUT2D eigenvalue weighted by atomic mass is 35.5. The number of carboxylic acid groups (broad SMARTS) is 2. The molecule has 0 spiro atoms. The van der Waals surface area contributed by atoms with Crippen LogP contribution in [0, 0.1) is 0 Å². The van der Waals surface area contributed by atoms with Gasteiger partial charge in [-0.1, -0.05) is 181 Å². The summed E-state index contributed by atoms with van der Waals surface area (Å²) in [6.07, 6.45) is 7.82. The molecule has 0 fully saturated rings. The van der Waals surface area contributed by atoms with E-state index in [9.17, 15) is 19.8 Å². The molecule has 52 heavy (non-hydrogen) atoms. The summed E-state index contributed by atoms with van der Waals surface area (Å²) in [6, 6.07) is 48.9. The van der Waals surface area contributed by atoms with Gasteiger partial charge in [-0.15, -0.1) is 0 Å². The summed E-state index contributed by atoms with van der Waals surface area (Å²) >= 11 is 11.9. The second kappa shape index (κ2) is 17.0. The largest absolute Gasteiger partial charge is 0.480 e. The van der Waals surface area contributed by atoms with Crippen LogP contribution < -0.4 is 0 Å². The first-order chi connectivity index (χ1) is 25.0. The molecule has 0 amide bonds. The second-order valence-corrected chi connectivity index (χ2v) is 13.4. The lowest BCUT2D eigenvalue weighted by molar-refractivity contribution is -0.142. The third-order valence-corrected chi connectivity index (χ3v) is 9.71. The molecule has 0 aliphatic carbocycles. The standard InChI is InChI=1S/2C23H19ClO2/c2*1-23(22(25)26,19-8-3-2-4-9-19)21-10-6-5-7-18(21)14-11-17-12-15-20(24)16-13-17/h2*2-16H,1H3,(H,25,26)/b2*14-11+/t2*23-/m11/s1. The van der Waals surface area contributed by atoms with E-state index in [0.717, 1.165) is 44.5 Å². The molecule has 6 aromatic carbocycles. The number of halogens is 2. The second-order valence-electron chi connectivity index (χ2n) is 12.5. The minimum atomic E-state index is -1.14. The van der Waals surface area contributed by atoms with Gasteiger partial charge in [-0.3, -0.25) is 9.59 Å². The number of hydrogen-bond donors (Lipinski definition) is 2. The summed E-state index contributed by atoms with van der Waals surface area (Å²) in [5.74, 6) is -1.76. The zero-order valence-corrected chi connectivity index (χ0v) is 30.3. The number of carbonyl (C=O) groups is 2. The van der Waals surface area contributed by atoms with E-state index >= 15 is 0 Å². The Morgan fingerprint density at radius 2 is 0.750 bits per heavy atom. The molecule has 0 aromatic heterocycles. The van der Waals surface area contributed by atoms with Crippen molar-refractivity contribution in [2.24, 2.45) is 0 Å². The summed E-state index contributed by atoms with van der Waals surface area (Å²) in [4.78, 5) is 24.5. The lowest BCUT2D eigenvalue weighted by atomic mass is 9.74. The summed E-state index contributed by atoms with van der Waals surface area (Å²) < 4.78 is 0. The van der Waals surface area contributed by atoms with E-state index in [4.69, 9.17) is 23.2 Å². The minimum absolute atomic E-state index is 0.685. The molecule has 4 nitrogen and oxygen atoms in total. The maximum atomic E-state index is 12.2. The predicted octanol–water partition coefficient (Wildman–Crippen LogP) is 11.8. The van der Waals surface area contributed by atoms with Crippen molar-refractivity contribution >= 4 is 59.4 Å².